The first-order valence-corrected chi connectivity index (χ1v) is 7.84. The molecule has 1 N–H and O–H groups in total. The SMILES string of the molecule is CNC(CCCc1ccccc1)c1cccc(I)c1. The third kappa shape index (κ3) is 4.62. The number of rotatable bonds is 6. The number of hydrogen-bond donors (Lipinski definition) is 1. The molecule has 1 atom stereocenters. The lowest BCUT2D eigenvalue weighted by atomic mass is 9.99. The lowest BCUT2D eigenvalue weighted by Crippen LogP contribution is -2.16. The topological polar surface area (TPSA) is 12.0 Å². The molecule has 19 heavy (non-hydrogen) atoms. The number of nitrogens with one attached hydrogen (secondary N) is 1. The molecule has 0 aliphatic heterocycles. The van der Waals surface area contributed by atoms with E-state index in [9.17, 15) is 0 Å². The van der Waals surface area contributed by atoms with Gasteiger partial charge in [0.25, 0.3) is 0 Å². The Morgan fingerprint density at radius 3 is 2.53 bits per heavy atom. The van der Waals surface area contributed by atoms with Gasteiger partial charge < -0.3 is 5.32 Å². The molecule has 0 radical (unpaired) electrons. The predicted octanol–water partition coefficient (Wildman–Crippen LogP) is 4.57. The number of halogens is 1. The smallest absolute Gasteiger partial charge is 0.0318 e. The van der Waals surface area contributed by atoms with Crippen molar-refractivity contribution < 1.29 is 0 Å². The van der Waals surface area contributed by atoms with E-state index in [1.807, 2.05) is 7.05 Å². The molecular formula is C17H20IN. The van der Waals surface area contributed by atoms with Crippen LogP contribution in [0.25, 0.3) is 0 Å². The third-order valence-corrected chi connectivity index (χ3v) is 4.07. The Kier molecular flexibility index (Phi) is 5.86. The maximum atomic E-state index is 3.43. The highest BCUT2D eigenvalue weighted by atomic mass is 127. The fraction of sp³-hybridized carbons (Fsp3) is 0.294. The van der Waals surface area contributed by atoms with Crippen molar-refractivity contribution in [2.24, 2.45) is 0 Å². The number of hydrogen-bond acceptors (Lipinski definition) is 1. The zero-order chi connectivity index (χ0) is 13.5. The van der Waals surface area contributed by atoms with E-state index in [-0.39, 0.29) is 0 Å². The van der Waals surface area contributed by atoms with Crippen molar-refractivity contribution in [2.45, 2.75) is 25.3 Å². The van der Waals surface area contributed by atoms with Crippen LogP contribution in [0.5, 0.6) is 0 Å². The number of aryl methyl sites for hydroxylation is 1. The molecule has 0 aliphatic rings. The van der Waals surface area contributed by atoms with Crippen molar-refractivity contribution in [1.82, 2.24) is 5.32 Å². The molecule has 0 saturated carbocycles. The van der Waals surface area contributed by atoms with E-state index in [2.05, 4.69) is 82.5 Å². The van der Waals surface area contributed by atoms with Crippen molar-refractivity contribution in [3.05, 3.63) is 69.3 Å². The second-order valence-electron chi connectivity index (χ2n) is 4.77. The molecule has 2 aromatic rings. The van der Waals surface area contributed by atoms with E-state index < -0.39 is 0 Å². The summed E-state index contributed by atoms with van der Waals surface area (Å²) in [4.78, 5) is 0. The minimum atomic E-state index is 0.457. The van der Waals surface area contributed by atoms with Crippen LogP contribution in [0.15, 0.2) is 54.6 Å². The summed E-state index contributed by atoms with van der Waals surface area (Å²) in [5.74, 6) is 0. The average Bonchev–Trinajstić information content (AvgIpc) is 2.45. The lowest BCUT2D eigenvalue weighted by Gasteiger charge is -2.17. The van der Waals surface area contributed by atoms with Gasteiger partial charge in [-0.15, -0.1) is 0 Å². The number of benzene rings is 2. The van der Waals surface area contributed by atoms with E-state index in [1.165, 1.54) is 27.5 Å². The summed E-state index contributed by atoms with van der Waals surface area (Å²) >= 11 is 2.37. The Morgan fingerprint density at radius 2 is 1.84 bits per heavy atom. The van der Waals surface area contributed by atoms with Gasteiger partial charge in [0.05, 0.1) is 0 Å². The molecule has 0 aromatic heterocycles. The summed E-state index contributed by atoms with van der Waals surface area (Å²) in [5, 5.41) is 3.43. The average molecular weight is 365 g/mol. The molecule has 100 valence electrons. The minimum absolute atomic E-state index is 0.457. The van der Waals surface area contributed by atoms with Crippen molar-refractivity contribution in [1.29, 1.82) is 0 Å². The van der Waals surface area contributed by atoms with Crippen LogP contribution in [0.1, 0.15) is 30.0 Å². The molecule has 0 spiro atoms. The lowest BCUT2D eigenvalue weighted by molar-refractivity contribution is 0.527. The van der Waals surface area contributed by atoms with Gasteiger partial charge in [0.15, 0.2) is 0 Å². The zero-order valence-corrected chi connectivity index (χ0v) is 13.4. The van der Waals surface area contributed by atoms with E-state index >= 15 is 0 Å². The molecule has 0 aliphatic carbocycles. The van der Waals surface area contributed by atoms with Gasteiger partial charge in [0.2, 0.25) is 0 Å². The van der Waals surface area contributed by atoms with Gasteiger partial charge in [-0.2, -0.15) is 0 Å². The summed E-state index contributed by atoms with van der Waals surface area (Å²) in [6.45, 7) is 0. The summed E-state index contributed by atoms with van der Waals surface area (Å²) in [7, 11) is 2.05. The van der Waals surface area contributed by atoms with Crippen LogP contribution in [0, 0.1) is 3.57 Å². The highest BCUT2D eigenvalue weighted by Crippen LogP contribution is 2.21. The van der Waals surface area contributed by atoms with Gasteiger partial charge in [-0.05, 0) is 72.2 Å². The van der Waals surface area contributed by atoms with Crippen LogP contribution in [0.3, 0.4) is 0 Å². The molecule has 0 fully saturated rings. The van der Waals surface area contributed by atoms with Gasteiger partial charge >= 0.3 is 0 Å². The second-order valence-corrected chi connectivity index (χ2v) is 6.02. The molecule has 0 amide bonds. The first-order valence-electron chi connectivity index (χ1n) is 6.76. The minimum Gasteiger partial charge on any atom is -0.313 e. The Labute approximate surface area is 129 Å². The zero-order valence-electron chi connectivity index (χ0n) is 11.3. The van der Waals surface area contributed by atoms with E-state index in [1.54, 1.807) is 0 Å². The third-order valence-electron chi connectivity index (χ3n) is 3.40. The van der Waals surface area contributed by atoms with Crippen molar-refractivity contribution in [3.8, 4) is 0 Å². The molecule has 2 heteroatoms. The molecule has 2 rings (SSSR count). The van der Waals surface area contributed by atoms with Crippen LogP contribution in [0.2, 0.25) is 0 Å². The standard InChI is InChI=1S/C17H20IN/c1-19-17(15-10-6-11-16(18)13-15)12-5-9-14-7-3-2-4-8-14/h2-4,6-8,10-11,13,17,19H,5,9,12H2,1H3. The summed E-state index contributed by atoms with van der Waals surface area (Å²) in [6, 6.07) is 19.9. The largest absolute Gasteiger partial charge is 0.313 e. The van der Waals surface area contributed by atoms with Crippen molar-refractivity contribution >= 4 is 22.6 Å². The second kappa shape index (κ2) is 7.65. The molecule has 1 nitrogen and oxygen atoms in total. The Balaban J connectivity index is 1.89. The maximum Gasteiger partial charge on any atom is 0.0318 e. The predicted molar refractivity (Wildman–Crippen MR) is 90.3 cm³/mol. The van der Waals surface area contributed by atoms with Gasteiger partial charge in [-0.3, -0.25) is 0 Å². The Bertz CT molecular complexity index is 496. The normalized spacial score (nSPS) is 12.3. The molecule has 0 heterocycles. The van der Waals surface area contributed by atoms with Crippen LogP contribution >= 0.6 is 22.6 Å². The molecule has 2 aromatic carbocycles. The fourth-order valence-electron chi connectivity index (χ4n) is 2.36. The van der Waals surface area contributed by atoms with Crippen LogP contribution in [-0.4, -0.2) is 7.05 Å². The Morgan fingerprint density at radius 1 is 1.05 bits per heavy atom. The fourth-order valence-corrected chi connectivity index (χ4v) is 2.92. The van der Waals surface area contributed by atoms with Crippen LogP contribution < -0.4 is 5.32 Å². The molecule has 0 bridgehead atoms. The van der Waals surface area contributed by atoms with Crippen LogP contribution in [0.4, 0.5) is 0 Å². The summed E-state index contributed by atoms with van der Waals surface area (Å²) in [6.07, 6.45) is 3.54. The van der Waals surface area contributed by atoms with Gasteiger partial charge in [0.1, 0.15) is 0 Å². The van der Waals surface area contributed by atoms with Crippen molar-refractivity contribution in [3.63, 3.8) is 0 Å². The van der Waals surface area contributed by atoms with Gasteiger partial charge in [0, 0.05) is 9.61 Å². The molecule has 1 unspecified atom stereocenters. The van der Waals surface area contributed by atoms with Crippen LogP contribution in [-0.2, 0) is 6.42 Å². The first kappa shape index (κ1) is 14.5. The maximum absolute atomic E-state index is 3.43. The van der Waals surface area contributed by atoms with E-state index in [0.717, 1.165) is 6.42 Å². The van der Waals surface area contributed by atoms with E-state index in [0.29, 0.717) is 6.04 Å². The highest BCUT2D eigenvalue weighted by molar-refractivity contribution is 14.1. The Hall–Kier alpha value is -0.870. The van der Waals surface area contributed by atoms with E-state index in [4.69, 9.17) is 0 Å². The quantitative estimate of drug-likeness (QED) is 0.740. The summed E-state index contributed by atoms with van der Waals surface area (Å²) in [5.41, 5.74) is 2.82. The van der Waals surface area contributed by atoms with Gasteiger partial charge in [-0.25, -0.2) is 0 Å². The van der Waals surface area contributed by atoms with Gasteiger partial charge in [-0.1, -0.05) is 42.5 Å². The highest BCUT2D eigenvalue weighted by Gasteiger charge is 2.08. The van der Waals surface area contributed by atoms with Crippen molar-refractivity contribution in [2.75, 3.05) is 7.05 Å². The first-order chi connectivity index (χ1) is 9.29. The summed E-state index contributed by atoms with van der Waals surface area (Å²) < 4.78 is 1.30. The molecule has 0 saturated heterocycles. The monoisotopic (exact) mass is 365 g/mol. The molecular weight excluding hydrogens is 345 g/mol.